The van der Waals surface area contributed by atoms with Gasteiger partial charge in [0.05, 0.1) is 15.8 Å². The quantitative estimate of drug-likeness (QED) is 0.422. The number of ether oxygens (including phenoxy) is 1. The standard InChI is InChI=1S/C27H28Cl2FN3O6/c1-5-32-26(36)22(13-38-32)33(23(34)14-37-6-2)25(35)18-8-7-16(9-15(18)3)21-12-27(4,39-31-21)17-10-19(28)24(30)20(29)11-17/h7-11,22H,5-6,12-14H2,1-4H3/t22-,27?/m1/s1. The Bertz CT molecular complexity index is 1330. The fourth-order valence-electron chi connectivity index (χ4n) is 4.50. The van der Waals surface area contributed by atoms with Crippen LogP contribution in [-0.2, 0) is 29.6 Å². The minimum absolute atomic E-state index is 0.119. The first-order valence-electron chi connectivity index (χ1n) is 12.4. The number of amides is 3. The molecule has 9 nitrogen and oxygen atoms in total. The second-order valence-corrected chi connectivity index (χ2v) is 10.2. The Morgan fingerprint density at radius 3 is 2.51 bits per heavy atom. The summed E-state index contributed by atoms with van der Waals surface area (Å²) in [6.07, 6.45) is 0.331. The maximum Gasteiger partial charge on any atom is 0.271 e. The zero-order valence-corrected chi connectivity index (χ0v) is 23.4. The first-order chi connectivity index (χ1) is 18.5. The van der Waals surface area contributed by atoms with Crippen LogP contribution in [0.3, 0.4) is 0 Å². The number of benzene rings is 2. The van der Waals surface area contributed by atoms with Crippen molar-refractivity contribution in [1.82, 2.24) is 9.96 Å². The second kappa shape index (κ2) is 11.6. The third kappa shape index (κ3) is 5.65. The zero-order chi connectivity index (χ0) is 28.5. The Morgan fingerprint density at radius 1 is 1.23 bits per heavy atom. The van der Waals surface area contributed by atoms with Crippen LogP contribution < -0.4 is 0 Å². The molecule has 12 heteroatoms. The Hall–Kier alpha value is -3.05. The summed E-state index contributed by atoms with van der Waals surface area (Å²) in [4.78, 5) is 51.4. The number of carbonyl (C=O) groups excluding carboxylic acids is 3. The lowest BCUT2D eigenvalue weighted by atomic mass is 9.88. The largest absolute Gasteiger partial charge is 0.384 e. The van der Waals surface area contributed by atoms with Gasteiger partial charge in [0, 0.05) is 30.7 Å². The third-order valence-electron chi connectivity index (χ3n) is 6.68. The molecule has 0 spiro atoms. The Morgan fingerprint density at radius 2 is 1.92 bits per heavy atom. The van der Waals surface area contributed by atoms with Crippen LogP contribution in [0.5, 0.6) is 0 Å². The van der Waals surface area contributed by atoms with Crippen LogP contribution in [0.2, 0.25) is 10.0 Å². The van der Waals surface area contributed by atoms with Gasteiger partial charge in [0.1, 0.15) is 19.3 Å². The Balaban J connectivity index is 1.58. The van der Waals surface area contributed by atoms with E-state index in [4.69, 9.17) is 37.6 Å². The molecule has 2 aromatic carbocycles. The summed E-state index contributed by atoms with van der Waals surface area (Å²) in [5.74, 6) is -2.44. The molecule has 208 valence electrons. The van der Waals surface area contributed by atoms with Gasteiger partial charge in [-0.15, -0.1) is 0 Å². The molecule has 2 aliphatic rings. The summed E-state index contributed by atoms with van der Waals surface area (Å²) < 4.78 is 19.1. The average molecular weight is 580 g/mol. The number of hydrogen-bond acceptors (Lipinski definition) is 7. The molecule has 3 amide bonds. The number of hydroxylamine groups is 2. The zero-order valence-electron chi connectivity index (χ0n) is 21.9. The van der Waals surface area contributed by atoms with Crippen molar-refractivity contribution in [3.8, 4) is 0 Å². The predicted octanol–water partition coefficient (Wildman–Crippen LogP) is 4.65. The first-order valence-corrected chi connectivity index (χ1v) is 13.2. The highest BCUT2D eigenvalue weighted by Gasteiger charge is 2.43. The van der Waals surface area contributed by atoms with Crippen molar-refractivity contribution in [3.63, 3.8) is 0 Å². The molecule has 0 bridgehead atoms. The van der Waals surface area contributed by atoms with Gasteiger partial charge >= 0.3 is 0 Å². The summed E-state index contributed by atoms with van der Waals surface area (Å²) in [5, 5.41) is 5.12. The van der Waals surface area contributed by atoms with Crippen molar-refractivity contribution in [3.05, 3.63) is 68.4 Å². The molecular formula is C27H28Cl2FN3O6. The van der Waals surface area contributed by atoms with Crippen molar-refractivity contribution in [1.29, 1.82) is 0 Å². The van der Waals surface area contributed by atoms with Crippen LogP contribution >= 0.6 is 23.2 Å². The lowest BCUT2D eigenvalue weighted by molar-refractivity contribution is -0.161. The number of likely N-dealkylation sites (N-methyl/N-ethyl adjacent to an activating group) is 1. The highest BCUT2D eigenvalue weighted by molar-refractivity contribution is 6.35. The van der Waals surface area contributed by atoms with Crippen molar-refractivity contribution >= 4 is 46.6 Å². The topological polar surface area (TPSA) is 97.7 Å². The smallest absolute Gasteiger partial charge is 0.271 e. The molecule has 39 heavy (non-hydrogen) atoms. The Labute approximate surface area is 235 Å². The number of hydrogen-bond donors (Lipinski definition) is 0. The molecule has 0 radical (unpaired) electrons. The predicted molar refractivity (Wildman–Crippen MR) is 142 cm³/mol. The summed E-state index contributed by atoms with van der Waals surface area (Å²) in [5.41, 5.74) is 1.72. The number of imide groups is 1. The molecule has 2 heterocycles. The molecular weight excluding hydrogens is 552 g/mol. The third-order valence-corrected chi connectivity index (χ3v) is 7.23. The molecule has 0 saturated carbocycles. The summed E-state index contributed by atoms with van der Waals surface area (Å²) in [6, 6.07) is 6.84. The molecule has 2 aromatic rings. The number of rotatable bonds is 8. The van der Waals surface area contributed by atoms with Crippen LogP contribution in [0, 0.1) is 12.7 Å². The molecule has 2 aliphatic heterocycles. The molecule has 4 rings (SSSR count). The van der Waals surface area contributed by atoms with Crippen LogP contribution in [0.1, 0.15) is 54.2 Å². The molecule has 1 unspecified atom stereocenters. The van der Waals surface area contributed by atoms with E-state index in [-0.39, 0.29) is 42.0 Å². The highest BCUT2D eigenvalue weighted by atomic mass is 35.5. The van der Waals surface area contributed by atoms with Gasteiger partial charge in [0.25, 0.3) is 17.7 Å². The summed E-state index contributed by atoms with van der Waals surface area (Å²) >= 11 is 12.0. The number of oxime groups is 1. The van der Waals surface area contributed by atoms with E-state index in [9.17, 15) is 18.8 Å². The SMILES string of the molecule is CCOCC(=O)N(C(=O)c1ccc(C2=NOC(C)(c3cc(Cl)c(F)c(Cl)c3)C2)cc1C)[C@@H]1CON(CC)C1=O. The second-order valence-electron chi connectivity index (χ2n) is 9.37. The van der Waals surface area contributed by atoms with Gasteiger partial charge in [-0.1, -0.05) is 34.4 Å². The van der Waals surface area contributed by atoms with Crippen molar-refractivity contribution in [2.75, 3.05) is 26.4 Å². The van der Waals surface area contributed by atoms with Crippen molar-refractivity contribution in [2.24, 2.45) is 5.16 Å². The van der Waals surface area contributed by atoms with Crippen molar-refractivity contribution < 1.29 is 33.2 Å². The van der Waals surface area contributed by atoms with Crippen LogP contribution in [-0.4, -0.2) is 65.8 Å². The summed E-state index contributed by atoms with van der Waals surface area (Å²) in [7, 11) is 0. The average Bonchev–Trinajstić information content (AvgIpc) is 3.49. The number of aryl methyl sites for hydroxylation is 1. The molecule has 1 saturated heterocycles. The fraction of sp³-hybridized carbons (Fsp3) is 0.407. The van der Waals surface area contributed by atoms with E-state index >= 15 is 0 Å². The van der Waals surface area contributed by atoms with E-state index in [1.165, 1.54) is 12.1 Å². The van der Waals surface area contributed by atoms with Crippen LogP contribution in [0.15, 0.2) is 35.5 Å². The normalized spacial score (nSPS) is 20.7. The molecule has 0 aliphatic carbocycles. The molecule has 0 aromatic heterocycles. The van der Waals surface area contributed by atoms with E-state index in [1.54, 1.807) is 45.9 Å². The Kier molecular flexibility index (Phi) is 8.60. The fourth-order valence-corrected chi connectivity index (χ4v) is 4.99. The lowest BCUT2D eigenvalue weighted by Crippen LogP contribution is -2.51. The minimum atomic E-state index is -1.09. The number of carbonyl (C=O) groups is 3. The van der Waals surface area contributed by atoms with Crippen molar-refractivity contribution in [2.45, 2.75) is 45.8 Å². The summed E-state index contributed by atoms with van der Waals surface area (Å²) in [6.45, 7) is 7.05. The molecule has 0 N–H and O–H groups in total. The van der Waals surface area contributed by atoms with Gasteiger partial charge in [0.2, 0.25) is 0 Å². The monoisotopic (exact) mass is 579 g/mol. The number of halogens is 3. The van der Waals surface area contributed by atoms with E-state index in [0.29, 0.717) is 28.8 Å². The van der Waals surface area contributed by atoms with Gasteiger partial charge in [-0.2, -0.15) is 0 Å². The van der Waals surface area contributed by atoms with Crippen LogP contribution in [0.25, 0.3) is 0 Å². The highest BCUT2D eigenvalue weighted by Crippen LogP contribution is 2.39. The van der Waals surface area contributed by atoms with E-state index in [0.717, 1.165) is 9.96 Å². The number of nitrogens with zero attached hydrogens (tertiary/aromatic N) is 3. The lowest BCUT2D eigenvalue weighted by Gasteiger charge is -2.25. The van der Waals surface area contributed by atoms with Gasteiger partial charge in [-0.05, 0) is 63.1 Å². The minimum Gasteiger partial charge on any atom is -0.384 e. The van der Waals surface area contributed by atoms with Gasteiger partial charge in [-0.25, -0.2) is 9.45 Å². The van der Waals surface area contributed by atoms with E-state index in [2.05, 4.69) is 5.16 Å². The van der Waals surface area contributed by atoms with E-state index in [1.807, 2.05) is 0 Å². The molecule has 1 fully saturated rings. The van der Waals surface area contributed by atoms with Gasteiger partial charge in [0.15, 0.2) is 11.4 Å². The first kappa shape index (κ1) is 28.9. The molecule has 2 atom stereocenters. The van der Waals surface area contributed by atoms with Gasteiger partial charge in [-0.3, -0.25) is 24.1 Å². The van der Waals surface area contributed by atoms with Gasteiger partial charge < -0.3 is 9.57 Å². The maximum absolute atomic E-state index is 13.9. The maximum atomic E-state index is 13.9. The van der Waals surface area contributed by atoms with Crippen LogP contribution in [0.4, 0.5) is 4.39 Å². The van der Waals surface area contributed by atoms with E-state index < -0.39 is 35.2 Å².